The third kappa shape index (κ3) is 1.80. The molecule has 1 aliphatic heterocycles. The van der Waals surface area contributed by atoms with Crippen LogP contribution in [0.1, 0.15) is 53.4 Å². The van der Waals surface area contributed by atoms with Crippen molar-refractivity contribution in [3.05, 3.63) is 0 Å². The van der Waals surface area contributed by atoms with Crippen molar-refractivity contribution in [2.45, 2.75) is 65.0 Å². The molecule has 0 radical (unpaired) electrons. The molecule has 1 saturated carbocycles. The molecule has 3 heteroatoms. The standard InChI is InChI=1S/C13H25N3/c1-10(2)16-11(14)15-9-13(16)7-5-6-12(3,4)8-13/h10H,5-9H2,1-4H3,(H2,14,15). The molecule has 1 aliphatic carbocycles. The highest BCUT2D eigenvalue weighted by atomic mass is 15.4. The van der Waals surface area contributed by atoms with Gasteiger partial charge in [0, 0.05) is 6.04 Å². The molecule has 0 aromatic carbocycles. The smallest absolute Gasteiger partial charge is 0.192 e. The fourth-order valence-electron chi connectivity index (χ4n) is 3.74. The van der Waals surface area contributed by atoms with Crippen molar-refractivity contribution in [2.75, 3.05) is 6.54 Å². The molecule has 1 unspecified atom stereocenters. The molecule has 16 heavy (non-hydrogen) atoms. The zero-order valence-electron chi connectivity index (χ0n) is 11.1. The van der Waals surface area contributed by atoms with Crippen LogP contribution in [-0.2, 0) is 0 Å². The largest absolute Gasteiger partial charge is 0.370 e. The van der Waals surface area contributed by atoms with E-state index in [1.165, 1.54) is 25.7 Å². The van der Waals surface area contributed by atoms with Crippen LogP contribution in [0.25, 0.3) is 0 Å². The predicted octanol–water partition coefficient (Wildman–Crippen LogP) is 2.36. The lowest BCUT2D eigenvalue weighted by molar-refractivity contribution is 0.0519. The van der Waals surface area contributed by atoms with E-state index in [1.54, 1.807) is 0 Å². The molecule has 0 aromatic rings. The molecule has 1 heterocycles. The second-order valence-electron chi connectivity index (χ2n) is 6.56. The monoisotopic (exact) mass is 223 g/mol. The van der Waals surface area contributed by atoms with Gasteiger partial charge in [-0.1, -0.05) is 20.3 Å². The Balaban J connectivity index is 2.25. The van der Waals surface area contributed by atoms with E-state index in [-0.39, 0.29) is 5.54 Å². The highest BCUT2D eigenvalue weighted by Gasteiger charge is 2.48. The topological polar surface area (TPSA) is 41.6 Å². The molecule has 0 aromatic heterocycles. The van der Waals surface area contributed by atoms with Crippen molar-refractivity contribution in [3.63, 3.8) is 0 Å². The first-order valence-corrected chi connectivity index (χ1v) is 6.46. The molecule has 2 aliphatic rings. The maximum Gasteiger partial charge on any atom is 0.192 e. The Morgan fingerprint density at radius 3 is 2.56 bits per heavy atom. The Bertz CT molecular complexity index is 306. The molecule has 3 nitrogen and oxygen atoms in total. The normalized spacial score (nSPS) is 33.6. The Morgan fingerprint density at radius 2 is 2.00 bits per heavy atom. The van der Waals surface area contributed by atoms with E-state index in [4.69, 9.17) is 5.73 Å². The number of aliphatic imine (C=N–C) groups is 1. The van der Waals surface area contributed by atoms with Crippen LogP contribution in [-0.4, -0.2) is 29.0 Å². The van der Waals surface area contributed by atoms with Crippen LogP contribution in [0, 0.1) is 5.41 Å². The van der Waals surface area contributed by atoms with E-state index < -0.39 is 0 Å². The molecule has 1 atom stereocenters. The van der Waals surface area contributed by atoms with Gasteiger partial charge in [-0.3, -0.25) is 4.99 Å². The van der Waals surface area contributed by atoms with Gasteiger partial charge < -0.3 is 10.6 Å². The number of hydrogen-bond acceptors (Lipinski definition) is 3. The van der Waals surface area contributed by atoms with Crippen molar-refractivity contribution in [2.24, 2.45) is 16.1 Å². The Kier molecular flexibility index (Phi) is 2.67. The number of rotatable bonds is 1. The summed E-state index contributed by atoms with van der Waals surface area (Å²) in [6.45, 7) is 10.1. The van der Waals surface area contributed by atoms with Crippen LogP contribution in [0.3, 0.4) is 0 Å². The Hall–Kier alpha value is -0.730. The summed E-state index contributed by atoms with van der Waals surface area (Å²) in [5.41, 5.74) is 6.71. The van der Waals surface area contributed by atoms with E-state index >= 15 is 0 Å². The molecule has 0 bridgehead atoms. The molecule has 2 rings (SSSR count). The lowest BCUT2D eigenvalue weighted by Crippen LogP contribution is -2.57. The van der Waals surface area contributed by atoms with Crippen molar-refractivity contribution in [1.82, 2.24) is 4.90 Å². The van der Waals surface area contributed by atoms with E-state index in [1.807, 2.05) is 0 Å². The van der Waals surface area contributed by atoms with Crippen molar-refractivity contribution < 1.29 is 0 Å². The Labute approximate surface area is 99.1 Å². The zero-order chi connectivity index (χ0) is 12.0. The van der Waals surface area contributed by atoms with Crippen LogP contribution in [0.2, 0.25) is 0 Å². The minimum Gasteiger partial charge on any atom is -0.370 e. The molecular weight excluding hydrogens is 198 g/mol. The van der Waals surface area contributed by atoms with E-state index in [9.17, 15) is 0 Å². The summed E-state index contributed by atoms with van der Waals surface area (Å²) in [6.07, 6.45) is 5.11. The van der Waals surface area contributed by atoms with Crippen molar-refractivity contribution >= 4 is 5.96 Å². The van der Waals surface area contributed by atoms with Crippen molar-refractivity contribution in [3.8, 4) is 0 Å². The Morgan fingerprint density at radius 1 is 1.31 bits per heavy atom. The molecule has 1 spiro atoms. The number of guanidine groups is 1. The van der Waals surface area contributed by atoms with Gasteiger partial charge >= 0.3 is 0 Å². The second-order valence-corrected chi connectivity index (χ2v) is 6.56. The van der Waals surface area contributed by atoms with Gasteiger partial charge in [0.15, 0.2) is 5.96 Å². The van der Waals surface area contributed by atoms with Gasteiger partial charge in [-0.25, -0.2) is 0 Å². The van der Waals surface area contributed by atoms with Crippen LogP contribution in [0.5, 0.6) is 0 Å². The molecule has 92 valence electrons. The van der Waals surface area contributed by atoms with Crippen LogP contribution >= 0.6 is 0 Å². The summed E-state index contributed by atoms with van der Waals surface area (Å²) in [5.74, 6) is 0.757. The molecule has 0 amide bonds. The minimum absolute atomic E-state index is 0.222. The van der Waals surface area contributed by atoms with Gasteiger partial charge in [-0.15, -0.1) is 0 Å². The van der Waals surface area contributed by atoms with Gasteiger partial charge in [-0.05, 0) is 38.5 Å². The van der Waals surface area contributed by atoms with Crippen LogP contribution < -0.4 is 5.73 Å². The summed E-state index contributed by atoms with van der Waals surface area (Å²) in [6, 6.07) is 0.458. The first kappa shape index (κ1) is 11.7. The summed E-state index contributed by atoms with van der Waals surface area (Å²) in [4.78, 5) is 6.87. The summed E-state index contributed by atoms with van der Waals surface area (Å²) in [7, 11) is 0. The minimum atomic E-state index is 0.222. The molecule has 2 N–H and O–H groups in total. The zero-order valence-corrected chi connectivity index (χ0v) is 11.1. The number of nitrogens with zero attached hydrogens (tertiary/aromatic N) is 2. The lowest BCUT2D eigenvalue weighted by atomic mass is 9.67. The quantitative estimate of drug-likeness (QED) is 0.741. The van der Waals surface area contributed by atoms with Gasteiger partial charge in [0.1, 0.15) is 0 Å². The predicted molar refractivity (Wildman–Crippen MR) is 68.4 cm³/mol. The van der Waals surface area contributed by atoms with Gasteiger partial charge in [0.25, 0.3) is 0 Å². The highest BCUT2D eigenvalue weighted by Crippen LogP contribution is 2.46. The van der Waals surface area contributed by atoms with Gasteiger partial charge in [0.05, 0.1) is 12.1 Å². The first-order valence-electron chi connectivity index (χ1n) is 6.46. The maximum atomic E-state index is 6.05. The number of hydrogen-bond donors (Lipinski definition) is 1. The average molecular weight is 223 g/mol. The summed E-state index contributed by atoms with van der Waals surface area (Å²) in [5, 5.41) is 0. The molecular formula is C13H25N3. The molecule has 0 saturated heterocycles. The van der Waals surface area contributed by atoms with Gasteiger partial charge in [-0.2, -0.15) is 0 Å². The fourth-order valence-corrected chi connectivity index (χ4v) is 3.74. The molecule has 1 fully saturated rings. The van der Waals surface area contributed by atoms with E-state index in [2.05, 4.69) is 37.6 Å². The van der Waals surface area contributed by atoms with Crippen molar-refractivity contribution in [1.29, 1.82) is 0 Å². The van der Waals surface area contributed by atoms with Crippen LogP contribution in [0.4, 0.5) is 0 Å². The fraction of sp³-hybridized carbons (Fsp3) is 0.923. The average Bonchev–Trinajstić information content (AvgIpc) is 2.41. The third-order valence-electron chi connectivity index (χ3n) is 4.11. The van der Waals surface area contributed by atoms with E-state index in [0.717, 1.165) is 12.5 Å². The number of nitrogens with two attached hydrogens (primary N) is 1. The SMILES string of the molecule is CC(C)N1C(N)=NCC12CCCC(C)(C)C2. The summed E-state index contributed by atoms with van der Waals surface area (Å²) >= 11 is 0. The third-order valence-corrected chi connectivity index (χ3v) is 4.11. The van der Waals surface area contributed by atoms with Crippen LogP contribution in [0.15, 0.2) is 4.99 Å². The van der Waals surface area contributed by atoms with Gasteiger partial charge in [0.2, 0.25) is 0 Å². The lowest BCUT2D eigenvalue weighted by Gasteiger charge is -2.49. The van der Waals surface area contributed by atoms with E-state index in [0.29, 0.717) is 11.5 Å². The maximum absolute atomic E-state index is 6.05. The first-order chi connectivity index (χ1) is 7.36. The highest BCUT2D eigenvalue weighted by molar-refractivity contribution is 5.81. The second kappa shape index (κ2) is 3.64. The summed E-state index contributed by atoms with van der Waals surface area (Å²) < 4.78 is 0.